The van der Waals surface area contributed by atoms with Crippen LogP contribution in [0.15, 0.2) is 0 Å². The minimum absolute atomic E-state index is 0.222. The van der Waals surface area contributed by atoms with Crippen LogP contribution in [0, 0.1) is 11.8 Å². The molecule has 16 heavy (non-hydrogen) atoms. The van der Waals surface area contributed by atoms with Crippen LogP contribution in [0.2, 0.25) is 0 Å². The van der Waals surface area contributed by atoms with Gasteiger partial charge in [0, 0.05) is 19.7 Å². The second-order valence-electron chi connectivity index (χ2n) is 5.77. The Morgan fingerprint density at radius 3 is 2.50 bits per heavy atom. The van der Waals surface area contributed by atoms with Crippen molar-refractivity contribution in [1.82, 2.24) is 4.90 Å². The van der Waals surface area contributed by atoms with Gasteiger partial charge in [0.1, 0.15) is 5.60 Å². The third-order valence-corrected chi connectivity index (χ3v) is 2.66. The van der Waals surface area contributed by atoms with E-state index in [4.69, 9.17) is 9.84 Å². The minimum atomic E-state index is -0.416. The first-order chi connectivity index (χ1) is 7.31. The Labute approximate surface area is 97.6 Å². The standard InChI is InChI=1S/C12H23NO3/c1-9(8-14)5-10-6-13(7-10)11(15)16-12(2,3)4/h9-10,14H,5-8H2,1-4H3. The molecule has 1 saturated heterocycles. The van der Waals surface area contributed by atoms with E-state index in [1.807, 2.05) is 27.7 Å². The topological polar surface area (TPSA) is 49.8 Å². The molecule has 1 amide bonds. The molecule has 1 heterocycles. The first-order valence-electron chi connectivity index (χ1n) is 5.90. The molecule has 1 aliphatic rings. The third-order valence-electron chi connectivity index (χ3n) is 2.66. The van der Waals surface area contributed by atoms with Crippen molar-refractivity contribution in [3.05, 3.63) is 0 Å². The van der Waals surface area contributed by atoms with Gasteiger partial charge in [-0.25, -0.2) is 4.79 Å². The Morgan fingerprint density at radius 2 is 2.06 bits per heavy atom. The van der Waals surface area contributed by atoms with Crippen LogP contribution in [0.25, 0.3) is 0 Å². The van der Waals surface area contributed by atoms with Crippen molar-refractivity contribution in [2.24, 2.45) is 11.8 Å². The van der Waals surface area contributed by atoms with E-state index in [1.54, 1.807) is 4.90 Å². The Morgan fingerprint density at radius 1 is 1.50 bits per heavy atom. The minimum Gasteiger partial charge on any atom is -0.444 e. The number of hydrogen-bond acceptors (Lipinski definition) is 3. The SMILES string of the molecule is CC(CO)CC1CN(C(=O)OC(C)(C)C)C1. The van der Waals surface area contributed by atoms with Crippen molar-refractivity contribution in [3.8, 4) is 0 Å². The summed E-state index contributed by atoms with van der Waals surface area (Å²) in [6.45, 7) is 9.39. The highest BCUT2D eigenvalue weighted by Crippen LogP contribution is 2.24. The van der Waals surface area contributed by atoms with Crippen molar-refractivity contribution < 1.29 is 14.6 Å². The zero-order valence-corrected chi connectivity index (χ0v) is 10.7. The summed E-state index contributed by atoms with van der Waals surface area (Å²) in [4.78, 5) is 13.3. The lowest BCUT2D eigenvalue weighted by Crippen LogP contribution is -2.52. The molecule has 4 heteroatoms. The molecule has 0 bridgehead atoms. The zero-order chi connectivity index (χ0) is 12.3. The Hall–Kier alpha value is -0.770. The lowest BCUT2D eigenvalue weighted by Gasteiger charge is -2.40. The number of carbonyl (C=O) groups is 1. The molecule has 1 N–H and O–H groups in total. The quantitative estimate of drug-likeness (QED) is 0.803. The second-order valence-corrected chi connectivity index (χ2v) is 5.77. The maximum absolute atomic E-state index is 11.6. The van der Waals surface area contributed by atoms with Gasteiger partial charge in [0.05, 0.1) is 0 Å². The fraction of sp³-hybridized carbons (Fsp3) is 0.917. The van der Waals surface area contributed by atoms with Crippen LogP contribution in [0.3, 0.4) is 0 Å². The summed E-state index contributed by atoms with van der Waals surface area (Å²) in [5.74, 6) is 0.848. The van der Waals surface area contributed by atoms with Crippen molar-refractivity contribution in [2.45, 2.75) is 39.7 Å². The van der Waals surface area contributed by atoms with Crippen LogP contribution in [0.4, 0.5) is 4.79 Å². The molecule has 1 rings (SSSR count). The van der Waals surface area contributed by atoms with E-state index >= 15 is 0 Å². The second kappa shape index (κ2) is 5.04. The van der Waals surface area contributed by atoms with Crippen molar-refractivity contribution >= 4 is 6.09 Å². The predicted octanol–water partition coefficient (Wildman–Crippen LogP) is 1.87. The van der Waals surface area contributed by atoms with Gasteiger partial charge in [-0.05, 0) is 39.0 Å². The van der Waals surface area contributed by atoms with Crippen LogP contribution in [-0.4, -0.2) is 41.4 Å². The van der Waals surface area contributed by atoms with Gasteiger partial charge in [-0.2, -0.15) is 0 Å². The fourth-order valence-corrected chi connectivity index (χ4v) is 1.84. The number of amides is 1. The van der Waals surface area contributed by atoms with Gasteiger partial charge in [0.25, 0.3) is 0 Å². The van der Waals surface area contributed by atoms with E-state index in [0.717, 1.165) is 19.5 Å². The summed E-state index contributed by atoms with van der Waals surface area (Å²) >= 11 is 0. The van der Waals surface area contributed by atoms with Crippen LogP contribution in [-0.2, 0) is 4.74 Å². The Kier molecular flexibility index (Phi) is 4.19. The molecule has 0 aromatic carbocycles. The normalized spacial score (nSPS) is 19.2. The average Bonchev–Trinajstić information content (AvgIpc) is 2.06. The monoisotopic (exact) mass is 229 g/mol. The van der Waals surface area contributed by atoms with E-state index in [-0.39, 0.29) is 12.7 Å². The van der Waals surface area contributed by atoms with E-state index in [9.17, 15) is 4.79 Å². The molecule has 0 aromatic rings. The van der Waals surface area contributed by atoms with Gasteiger partial charge in [-0.3, -0.25) is 0 Å². The maximum Gasteiger partial charge on any atom is 0.410 e. The first-order valence-corrected chi connectivity index (χ1v) is 5.90. The molecule has 1 fully saturated rings. The van der Waals surface area contributed by atoms with Gasteiger partial charge >= 0.3 is 6.09 Å². The summed E-state index contributed by atoms with van der Waals surface area (Å²) in [5.41, 5.74) is -0.416. The average molecular weight is 229 g/mol. The Bertz CT molecular complexity index is 241. The highest BCUT2D eigenvalue weighted by Gasteiger charge is 2.33. The number of likely N-dealkylation sites (tertiary alicyclic amines) is 1. The lowest BCUT2D eigenvalue weighted by molar-refractivity contribution is -0.00526. The predicted molar refractivity (Wildman–Crippen MR) is 62.2 cm³/mol. The van der Waals surface area contributed by atoms with E-state index in [0.29, 0.717) is 11.8 Å². The van der Waals surface area contributed by atoms with Gasteiger partial charge in [-0.1, -0.05) is 6.92 Å². The number of carbonyl (C=O) groups excluding carboxylic acids is 1. The summed E-state index contributed by atoms with van der Waals surface area (Å²) in [5, 5.41) is 8.93. The van der Waals surface area contributed by atoms with Crippen LogP contribution in [0.1, 0.15) is 34.1 Å². The van der Waals surface area contributed by atoms with Crippen molar-refractivity contribution in [3.63, 3.8) is 0 Å². The van der Waals surface area contributed by atoms with Gasteiger partial charge < -0.3 is 14.7 Å². The molecule has 0 spiro atoms. The summed E-state index contributed by atoms with van der Waals surface area (Å²) in [7, 11) is 0. The van der Waals surface area contributed by atoms with Gasteiger partial charge in [0.15, 0.2) is 0 Å². The zero-order valence-electron chi connectivity index (χ0n) is 10.7. The number of hydrogen-bond donors (Lipinski definition) is 1. The molecule has 0 aliphatic carbocycles. The highest BCUT2D eigenvalue weighted by atomic mass is 16.6. The van der Waals surface area contributed by atoms with Gasteiger partial charge in [-0.15, -0.1) is 0 Å². The molecule has 1 atom stereocenters. The first kappa shape index (κ1) is 13.3. The number of nitrogens with zero attached hydrogens (tertiary/aromatic N) is 1. The van der Waals surface area contributed by atoms with E-state index in [2.05, 4.69) is 0 Å². The van der Waals surface area contributed by atoms with E-state index < -0.39 is 5.60 Å². The molecule has 1 aliphatic heterocycles. The van der Waals surface area contributed by atoms with Crippen molar-refractivity contribution in [2.75, 3.05) is 19.7 Å². The molecule has 94 valence electrons. The molecule has 4 nitrogen and oxygen atoms in total. The lowest BCUT2D eigenvalue weighted by atomic mass is 9.90. The maximum atomic E-state index is 11.6. The third kappa shape index (κ3) is 4.00. The van der Waals surface area contributed by atoms with Crippen molar-refractivity contribution in [1.29, 1.82) is 0 Å². The smallest absolute Gasteiger partial charge is 0.410 e. The number of aliphatic hydroxyl groups is 1. The summed E-state index contributed by atoms with van der Waals surface area (Å²) < 4.78 is 5.26. The fourth-order valence-electron chi connectivity index (χ4n) is 1.84. The van der Waals surface area contributed by atoms with Crippen LogP contribution in [0.5, 0.6) is 0 Å². The summed E-state index contributed by atoms with van der Waals surface area (Å²) in [6.07, 6.45) is 0.760. The largest absolute Gasteiger partial charge is 0.444 e. The molecular formula is C12H23NO3. The van der Waals surface area contributed by atoms with E-state index in [1.165, 1.54) is 0 Å². The van der Waals surface area contributed by atoms with Gasteiger partial charge in [0.2, 0.25) is 0 Å². The number of ether oxygens (including phenoxy) is 1. The van der Waals surface area contributed by atoms with Crippen LogP contribution < -0.4 is 0 Å². The molecule has 0 radical (unpaired) electrons. The van der Waals surface area contributed by atoms with Crippen LogP contribution >= 0.6 is 0 Å². The highest BCUT2D eigenvalue weighted by molar-refractivity contribution is 5.69. The molecule has 0 aromatic heterocycles. The number of aliphatic hydroxyl groups excluding tert-OH is 1. The molecule has 0 saturated carbocycles. The molecular weight excluding hydrogens is 206 g/mol. The number of rotatable bonds is 3. The molecule has 1 unspecified atom stereocenters. The summed E-state index contributed by atoms with van der Waals surface area (Å²) in [6, 6.07) is 0. The Balaban J connectivity index is 2.23.